The lowest BCUT2D eigenvalue weighted by atomic mass is 10.2. The molecule has 0 radical (unpaired) electrons. The Bertz CT molecular complexity index is 575. The molecular formula is C15H20N2OS. The average Bonchev–Trinajstić information content (AvgIpc) is 2.70. The lowest BCUT2D eigenvalue weighted by Crippen LogP contribution is -2.29. The molecular weight excluding hydrogens is 256 g/mol. The Morgan fingerprint density at radius 3 is 2.84 bits per heavy atom. The van der Waals surface area contributed by atoms with E-state index in [1.807, 2.05) is 19.9 Å². The van der Waals surface area contributed by atoms with E-state index in [2.05, 4.69) is 35.4 Å². The van der Waals surface area contributed by atoms with Crippen molar-refractivity contribution < 1.29 is 4.79 Å². The molecule has 0 aliphatic rings. The number of rotatable bonds is 5. The van der Waals surface area contributed by atoms with Gasteiger partial charge < -0.3 is 10.3 Å². The quantitative estimate of drug-likeness (QED) is 0.650. The number of nitrogens with one attached hydrogen (secondary N) is 2. The van der Waals surface area contributed by atoms with Crippen LogP contribution < -0.4 is 5.32 Å². The van der Waals surface area contributed by atoms with Crippen LogP contribution in [0.25, 0.3) is 10.9 Å². The second kappa shape index (κ2) is 6.15. The van der Waals surface area contributed by atoms with Crippen LogP contribution in [0.5, 0.6) is 0 Å². The molecule has 0 unspecified atom stereocenters. The van der Waals surface area contributed by atoms with Crippen molar-refractivity contribution in [1.29, 1.82) is 0 Å². The smallest absolute Gasteiger partial charge is 0.222 e. The second-order valence-electron chi connectivity index (χ2n) is 4.92. The molecule has 0 saturated carbocycles. The van der Waals surface area contributed by atoms with Crippen LogP contribution in [0, 0.1) is 12.8 Å². The van der Waals surface area contributed by atoms with Crippen molar-refractivity contribution in [3.8, 4) is 0 Å². The standard InChI is InChI=1S/C15H20N2OS/c1-10(2)15(18)16-8-9-19-14-11(3)17-13-7-5-4-6-12(13)14/h4-7,10,17H,8-9H2,1-3H3,(H,16,18). The summed E-state index contributed by atoms with van der Waals surface area (Å²) in [4.78, 5) is 16.1. The number of hydrogen-bond acceptors (Lipinski definition) is 2. The van der Waals surface area contributed by atoms with Crippen LogP contribution >= 0.6 is 11.8 Å². The highest BCUT2D eigenvalue weighted by molar-refractivity contribution is 7.99. The maximum Gasteiger partial charge on any atom is 0.222 e. The topological polar surface area (TPSA) is 44.9 Å². The molecule has 0 aliphatic heterocycles. The molecule has 102 valence electrons. The van der Waals surface area contributed by atoms with Crippen molar-refractivity contribution in [3.63, 3.8) is 0 Å². The van der Waals surface area contributed by atoms with E-state index in [0.717, 1.165) is 5.75 Å². The van der Waals surface area contributed by atoms with Crippen LogP contribution in [0.2, 0.25) is 0 Å². The van der Waals surface area contributed by atoms with E-state index in [1.54, 1.807) is 11.8 Å². The summed E-state index contributed by atoms with van der Waals surface area (Å²) < 4.78 is 0. The number of H-pyrrole nitrogens is 1. The Hall–Kier alpha value is -1.42. The molecule has 4 heteroatoms. The van der Waals surface area contributed by atoms with Gasteiger partial charge >= 0.3 is 0 Å². The molecule has 2 aromatic rings. The fraction of sp³-hybridized carbons (Fsp3) is 0.400. The molecule has 1 aromatic heterocycles. The summed E-state index contributed by atoms with van der Waals surface area (Å²) >= 11 is 1.79. The third-order valence-corrected chi connectivity index (χ3v) is 4.23. The highest BCUT2D eigenvalue weighted by Gasteiger charge is 2.09. The molecule has 0 saturated heterocycles. The number of aromatic nitrogens is 1. The van der Waals surface area contributed by atoms with Crippen molar-refractivity contribution in [3.05, 3.63) is 30.0 Å². The number of thioether (sulfide) groups is 1. The van der Waals surface area contributed by atoms with Crippen LogP contribution in [-0.4, -0.2) is 23.2 Å². The first-order valence-electron chi connectivity index (χ1n) is 6.57. The van der Waals surface area contributed by atoms with Crippen molar-refractivity contribution in [1.82, 2.24) is 10.3 Å². The summed E-state index contributed by atoms with van der Waals surface area (Å²) in [5.41, 5.74) is 2.37. The molecule has 0 fully saturated rings. The highest BCUT2D eigenvalue weighted by Crippen LogP contribution is 2.30. The minimum atomic E-state index is 0.0554. The molecule has 1 amide bonds. The molecule has 2 N–H and O–H groups in total. The molecule has 0 atom stereocenters. The minimum Gasteiger partial charge on any atom is -0.358 e. The first-order valence-corrected chi connectivity index (χ1v) is 7.56. The van der Waals surface area contributed by atoms with Gasteiger partial charge in [-0.15, -0.1) is 11.8 Å². The third-order valence-electron chi connectivity index (χ3n) is 3.01. The summed E-state index contributed by atoms with van der Waals surface area (Å²) in [5, 5.41) is 4.21. The van der Waals surface area contributed by atoms with Crippen LogP contribution in [0.4, 0.5) is 0 Å². The van der Waals surface area contributed by atoms with Gasteiger partial charge in [0.1, 0.15) is 0 Å². The summed E-state index contributed by atoms with van der Waals surface area (Å²) in [5.74, 6) is 1.07. The van der Waals surface area contributed by atoms with Gasteiger partial charge in [0.25, 0.3) is 0 Å². The monoisotopic (exact) mass is 276 g/mol. The van der Waals surface area contributed by atoms with Crippen LogP contribution in [0.1, 0.15) is 19.5 Å². The van der Waals surface area contributed by atoms with E-state index in [9.17, 15) is 4.79 Å². The summed E-state index contributed by atoms with van der Waals surface area (Å²) in [6.45, 7) is 6.62. The van der Waals surface area contributed by atoms with Crippen molar-refractivity contribution >= 4 is 28.6 Å². The summed E-state index contributed by atoms with van der Waals surface area (Å²) in [7, 11) is 0. The van der Waals surface area contributed by atoms with Gasteiger partial charge in [0, 0.05) is 39.7 Å². The van der Waals surface area contributed by atoms with Gasteiger partial charge in [-0.05, 0) is 13.0 Å². The Labute approximate surface area is 118 Å². The SMILES string of the molecule is Cc1[nH]c2ccccc2c1SCCNC(=O)C(C)C. The predicted molar refractivity (Wildman–Crippen MR) is 81.6 cm³/mol. The maximum atomic E-state index is 11.5. The number of amides is 1. The minimum absolute atomic E-state index is 0.0554. The first kappa shape index (κ1) is 14.0. The molecule has 3 nitrogen and oxygen atoms in total. The Morgan fingerprint density at radius 2 is 2.11 bits per heavy atom. The van der Waals surface area contributed by atoms with Gasteiger partial charge in [-0.2, -0.15) is 0 Å². The zero-order valence-corrected chi connectivity index (χ0v) is 12.4. The van der Waals surface area contributed by atoms with Crippen molar-refractivity contribution in [2.75, 3.05) is 12.3 Å². The molecule has 0 bridgehead atoms. The van der Waals surface area contributed by atoms with E-state index in [4.69, 9.17) is 0 Å². The fourth-order valence-electron chi connectivity index (χ4n) is 1.97. The number of para-hydroxylation sites is 1. The molecule has 0 spiro atoms. The number of carbonyl (C=O) groups is 1. The lowest BCUT2D eigenvalue weighted by molar-refractivity contribution is -0.123. The normalized spacial score (nSPS) is 11.2. The predicted octanol–water partition coefficient (Wildman–Crippen LogP) is 3.34. The largest absolute Gasteiger partial charge is 0.358 e. The zero-order valence-electron chi connectivity index (χ0n) is 11.6. The number of fused-ring (bicyclic) bond motifs is 1. The van der Waals surface area contributed by atoms with Gasteiger partial charge in [0.05, 0.1) is 0 Å². The fourth-order valence-corrected chi connectivity index (χ4v) is 2.98. The summed E-state index contributed by atoms with van der Waals surface area (Å²) in [6, 6.07) is 8.32. The van der Waals surface area contributed by atoms with E-state index < -0.39 is 0 Å². The van der Waals surface area contributed by atoms with E-state index in [1.165, 1.54) is 21.5 Å². The van der Waals surface area contributed by atoms with Crippen molar-refractivity contribution in [2.24, 2.45) is 5.92 Å². The Balaban J connectivity index is 1.95. The maximum absolute atomic E-state index is 11.5. The number of hydrogen-bond donors (Lipinski definition) is 2. The summed E-state index contributed by atoms with van der Waals surface area (Å²) in [6.07, 6.45) is 0. The van der Waals surface area contributed by atoms with Gasteiger partial charge in [-0.3, -0.25) is 4.79 Å². The van der Waals surface area contributed by atoms with Gasteiger partial charge in [-0.25, -0.2) is 0 Å². The number of carbonyl (C=O) groups excluding carboxylic acids is 1. The number of benzene rings is 1. The Morgan fingerprint density at radius 1 is 1.37 bits per heavy atom. The van der Waals surface area contributed by atoms with Gasteiger partial charge in [0.15, 0.2) is 0 Å². The van der Waals surface area contributed by atoms with Crippen LogP contribution in [0.15, 0.2) is 29.2 Å². The second-order valence-corrected chi connectivity index (χ2v) is 6.02. The number of aromatic amines is 1. The first-order chi connectivity index (χ1) is 9.09. The van der Waals surface area contributed by atoms with E-state index in [0.29, 0.717) is 6.54 Å². The van der Waals surface area contributed by atoms with E-state index >= 15 is 0 Å². The van der Waals surface area contributed by atoms with E-state index in [-0.39, 0.29) is 11.8 Å². The zero-order chi connectivity index (χ0) is 13.8. The van der Waals surface area contributed by atoms with Crippen molar-refractivity contribution in [2.45, 2.75) is 25.7 Å². The molecule has 1 aromatic carbocycles. The van der Waals surface area contributed by atoms with Gasteiger partial charge in [0.2, 0.25) is 5.91 Å². The molecule has 19 heavy (non-hydrogen) atoms. The van der Waals surface area contributed by atoms with Gasteiger partial charge in [-0.1, -0.05) is 32.0 Å². The van der Waals surface area contributed by atoms with Crippen LogP contribution in [-0.2, 0) is 4.79 Å². The highest BCUT2D eigenvalue weighted by atomic mass is 32.2. The Kier molecular flexibility index (Phi) is 4.53. The van der Waals surface area contributed by atoms with Crippen LogP contribution in [0.3, 0.4) is 0 Å². The lowest BCUT2D eigenvalue weighted by Gasteiger charge is -2.07. The molecule has 2 rings (SSSR count). The average molecular weight is 276 g/mol. The third kappa shape index (κ3) is 3.32. The molecule has 1 heterocycles. The number of aryl methyl sites for hydroxylation is 1. The molecule has 0 aliphatic carbocycles.